The van der Waals surface area contributed by atoms with Crippen molar-refractivity contribution in [2.24, 2.45) is 0 Å². The summed E-state index contributed by atoms with van der Waals surface area (Å²) in [6.45, 7) is 5.11. The molecule has 0 spiro atoms. The number of aliphatic hydroxyl groups excluding tert-OH is 1. The highest BCUT2D eigenvalue weighted by Crippen LogP contribution is 2.39. The Bertz CT molecular complexity index is 775. The Morgan fingerprint density at radius 2 is 1.89 bits per heavy atom. The standard InChI is InChI=1S/C22H29NO4/c1-22(2)21(24)20(18-7-5-6-8-19(18)27-22)23-12-11-15-9-10-17(26-4)13-16(15)14-25-3/h5-10,13,20-21,23-24H,11-12,14H2,1-4H3. The number of fused-ring (bicyclic) bond motifs is 1. The van der Waals surface area contributed by atoms with Gasteiger partial charge in [0.15, 0.2) is 0 Å². The fourth-order valence-electron chi connectivity index (χ4n) is 3.59. The van der Waals surface area contributed by atoms with Crippen LogP contribution in [0.4, 0.5) is 0 Å². The lowest BCUT2D eigenvalue weighted by Crippen LogP contribution is -2.52. The van der Waals surface area contributed by atoms with E-state index in [1.165, 1.54) is 5.56 Å². The molecule has 0 saturated carbocycles. The van der Waals surface area contributed by atoms with Gasteiger partial charge in [-0.1, -0.05) is 24.3 Å². The van der Waals surface area contributed by atoms with Crippen LogP contribution in [0.1, 0.15) is 36.6 Å². The molecule has 2 unspecified atom stereocenters. The van der Waals surface area contributed by atoms with Crippen LogP contribution in [0.2, 0.25) is 0 Å². The van der Waals surface area contributed by atoms with Crippen molar-refractivity contribution in [1.29, 1.82) is 0 Å². The van der Waals surface area contributed by atoms with Gasteiger partial charge in [0.2, 0.25) is 0 Å². The Morgan fingerprint density at radius 1 is 1.11 bits per heavy atom. The maximum absolute atomic E-state index is 10.8. The van der Waals surface area contributed by atoms with Crippen LogP contribution in [0.15, 0.2) is 42.5 Å². The normalized spacial score (nSPS) is 20.6. The van der Waals surface area contributed by atoms with Gasteiger partial charge in [-0.2, -0.15) is 0 Å². The van der Waals surface area contributed by atoms with E-state index in [9.17, 15) is 5.11 Å². The Labute approximate surface area is 161 Å². The van der Waals surface area contributed by atoms with Crippen LogP contribution in [-0.4, -0.2) is 37.6 Å². The highest BCUT2D eigenvalue weighted by atomic mass is 16.5. The van der Waals surface area contributed by atoms with Crippen molar-refractivity contribution in [2.45, 2.75) is 44.6 Å². The van der Waals surface area contributed by atoms with E-state index < -0.39 is 11.7 Å². The summed E-state index contributed by atoms with van der Waals surface area (Å²) in [7, 11) is 3.36. The average molecular weight is 371 g/mol. The largest absolute Gasteiger partial charge is 0.497 e. The summed E-state index contributed by atoms with van der Waals surface area (Å²) in [6, 6.07) is 13.8. The zero-order valence-electron chi connectivity index (χ0n) is 16.5. The molecule has 5 heteroatoms. The summed E-state index contributed by atoms with van der Waals surface area (Å²) in [5.41, 5.74) is 2.68. The molecular weight excluding hydrogens is 342 g/mol. The molecule has 3 rings (SSSR count). The second-order valence-electron chi connectivity index (χ2n) is 7.44. The molecule has 1 aliphatic heterocycles. The quantitative estimate of drug-likeness (QED) is 0.782. The molecule has 2 aromatic carbocycles. The van der Waals surface area contributed by atoms with E-state index in [4.69, 9.17) is 14.2 Å². The number of hydrogen-bond donors (Lipinski definition) is 2. The van der Waals surface area contributed by atoms with Gasteiger partial charge in [0.1, 0.15) is 23.2 Å². The van der Waals surface area contributed by atoms with Gasteiger partial charge in [-0.3, -0.25) is 0 Å². The van der Waals surface area contributed by atoms with Gasteiger partial charge >= 0.3 is 0 Å². The Balaban J connectivity index is 1.73. The van der Waals surface area contributed by atoms with Crippen LogP contribution in [-0.2, 0) is 17.8 Å². The number of methoxy groups -OCH3 is 2. The number of benzene rings is 2. The molecule has 0 aromatic heterocycles. The zero-order chi connectivity index (χ0) is 19.4. The lowest BCUT2D eigenvalue weighted by molar-refractivity contribution is -0.0643. The number of hydrogen-bond acceptors (Lipinski definition) is 5. The highest BCUT2D eigenvalue weighted by Gasteiger charge is 2.42. The van der Waals surface area contributed by atoms with Gasteiger partial charge in [0, 0.05) is 12.7 Å². The molecule has 2 atom stereocenters. The van der Waals surface area contributed by atoms with E-state index in [0.29, 0.717) is 6.61 Å². The van der Waals surface area contributed by atoms with E-state index in [1.807, 2.05) is 50.2 Å². The first-order valence-electron chi connectivity index (χ1n) is 9.30. The van der Waals surface area contributed by atoms with Crippen molar-refractivity contribution in [3.63, 3.8) is 0 Å². The van der Waals surface area contributed by atoms with Crippen molar-refractivity contribution in [2.75, 3.05) is 20.8 Å². The van der Waals surface area contributed by atoms with Gasteiger partial charge in [0.25, 0.3) is 0 Å². The molecule has 2 N–H and O–H groups in total. The van der Waals surface area contributed by atoms with Crippen LogP contribution in [0.5, 0.6) is 11.5 Å². The van der Waals surface area contributed by atoms with E-state index in [1.54, 1.807) is 14.2 Å². The first kappa shape index (κ1) is 19.7. The Kier molecular flexibility index (Phi) is 6.05. The molecule has 146 valence electrons. The first-order chi connectivity index (χ1) is 13.0. The van der Waals surface area contributed by atoms with Gasteiger partial charge in [-0.05, 0) is 56.1 Å². The molecule has 0 fully saturated rings. The predicted octanol–water partition coefficient (Wildman–Crippen LogP) is 3.25. The van der Waals surface area contributed by atoms with Gasteiger partial charge in [0.05, 0.1) is 19.8 Å². The van der Waals surface area contributed by atoms with Crippen molar-refractivity contribution in [1.82, 2.24) is 5.32 Å². The molecule has 1 heterocycles. The average Bonchev–Trinajstić information content (AvgIpc) is 2.65. The highest BCUT2D eigenvalue weighted by molar-refractivity contribution is 5.40. The summed E-state index contributed by atoms with van der Waals surface area (Å²) < 4.78 is 16.6. The van der Waals surface area contributed by atoms with E-state index >= 15 is 0 Å². The number of para-hydroxylation sites is 1. The fourth-order valence-corrected chi connectivity index (χ4v) is 3.59. The Hall–Kier alpha value is -2.08. The van der Waals surface area contributed by atoms with E-state index in [0.717, 1.165) is 35.6 Å². The van der Waals surface area contributed by atoms with E-state index in [2.05, 4.69) is 11.4 Å². The smallest absolute Gasteiger partial charge is 0.131 e. The molecule has 0 radical (unpaired) electrons. The third-order valence-electron chi connectivity index (χ3n) is 5.13. The minimum absolute atomic E-state index is 0.172. The van der Waals surface area contributed by atoms with Crippen LogP contribution in [0.3, 0.4) is 0 Å². The van der Waals surface area contributed by atoms with Crippen LogP contribution < -0.4 is 14.8 Å². The van der Waals surface area contributed by atoms with Crippen molar-refractivity contribution >= 4 is 0 Å². The maximum Gasteiger partial charge on any atom is 0.131 e. The zero-order valence-corrected chi connectivity index (χ0v) is 16.5. The molecule has 0 saturated heterocycles. The molecule has 0 aliphatic carbocycles. The summed E-state index contributed by atoms with van der Waals surface area (Å²) in [5.74, 6) is 1.66. The first-order valence-corrected chi connectivity index (χ1v) is 9.30. The molecule has 2 aromatic rings. The van der Waals surface area contributed by atoms with Gasteiger partial charge < -0.3 is 24.6 Å². The van der Waals surface area contributed by atoms with Gasteiger partial charge in [-0.15, -0.1) is 0 Å². The molecular formula is C22H29NO4. The maximum atomic E-state index is 10.8. The minimum atomic E-state index is -0.645. The third kappa shape index (κ3) is 4.26. The number of rotatable bonds is 7. The van der Waals surface area contributed by atoms with E-state index in [-0.39, 0.29) is 6.04 Å². The van der Waals surface area contributed by atoms with Crippen molar-refractivity contribution in [3.8, 4) is 11.5 Å². The third-order valence-corrected chi connectivity index (χ3v) is 5.13. The lowest BCUT2D eigenvalue weighted by Gasteiger charge is -2.42. The van der Waals surface area contributed by atoms with Crippen LogP contribution in [0, 0.1) is 0 Å². The lowest BCUT2D eigenvalue weighted by atomic mass is 9.86. The SMILES string of the molecule is COCc1cc(OC)ccc1CCNC1c2ccccc2OC(C)(C)C1O. The topological polar surface area (TPSA) is 60.0 Å². The minimum Gasteiger partial charge on any atom is -0.497 e. The summed E-state index contributed by atoms with van der Waals surface area (Å²) in [5, 5.41) is 14.4. The fraction of sp³-hybridized carbons (Fsp3) is 0.455. The molecule has 27 heavy (non-hydrogen) atoms. The van der Waals surface area contributed by atoms with Gasteiger partial charge in [-0.25, -0.2) is 0 Å². The van der Waals surface area contributed by atoms with Crippen molar-refractivity contribution < 1.29 is 19.3 Å². The second kappa shape index (κ2) is 8.30. The molecule has 0 bridgehead atoms. The molecule has 5 nitrogen and oxygen atoms in total. The summed E-state index contributed by atoms with van der Waals surface area (Å²) >= 11 is 0. The Morgan fingerprint density at radius 3 is 2.63 bits per heavy atom. The number of nitrogens with one attached hydrogen (secondary N) is 1. The summed E-state index contributed by atoms with van der Waals surface area (Å²) in [6.07, 6.45) is 0.191. The summed E-state index contributed by atoms with van der Waals surface area (Å²) in [4.78, 5) is 0. The second-order valence-corrected chi connectivity index (χ2v) is 7.44. The predicted molar refractivity (Wildman–Crippen MR) is 105 cm³/mol. The monoisotopic (exact) mass is 371 g/mol. The van der Waals surface area contributed by atoms with Crippen LogP contribution >= 0.6 is 0 Å². The molecule has 0 amide bonds. The number of ether oxygens (including phenoxy) is 3. The van der Waals surface area contributed by atoms with Crippen LogP contribution in [0.25, 0.3) is 0 Å². The van der Waals surface area contributed by atoms with Crippen molar-refractivity contribution in [3.05, 3.63) is 59.2 Å². The number of aliphatic hydroxyl groups is 1. The molecule has 1 aliphatic rings.